The molecule has 3 aromatic rings. The van der Waals surface area contributed by atoms with Crippen LogP contribution in [-0.2, 0) is 16.4 Å². The molecular weight excluding hydrogens is 691 g/mol. The summed E-state index contributed by atoms with van der Waals surface area (Å²) in [7, 11) is -0.399. The van der Waals surface area contributed by atoms with Crippen molar-refractivity contribution in [2.75, 3.05) is 44.3 Å². The second-order valence-electron chi connectivity index (χ2n) is 12.4. The molecule has 0 aliphatic heterocycles. The number of anilines is 1. The summed E-state index contributed by atoms with van der Waals surface area (Å²) >= 11 is 13.1. The highest BCUT2D eigenvalue weighted by atomic mass is 35.5. The summed E-state index contributed by atoms with van der Waals surface area (Å²) in [5, 5.41) is 10.9. The Hall–Kier alpha value is -3.39. The topological polar surface area (TPSA) is 127 Å². The van der Waals surface area contributed by atoms with Crippen molar-refractivity contribution in [1.82, 2.24) is 9.88 Å². The molecule has 2 N–H and O–H groups in total. The highest BCUT2D eigenvalue weighted by molar-refractivity contribution is 7.92. The monoisotopic (exact) mass is 727 g/mol. The Morgan fingerprint density at radius 2 is 1.67 bits per heavy atom. The Morgan fingerprint density at radius 3 is 2.25 bits per heavy atom. The normalized spacial score (nSPS) is 15.4. The van der Waals surface area contributed by atoms with Crippen LogP contribution >= 0.6 is 23.2 Å². The van der Waals surface area contributed by atoms with Gasteiger partial charge in [0.25, 0.3) is 0 Å². The van der Waals surface area contributed by atoms with Crippen LogP contribution in [0.1, 0.15) is 58.6 Å². The van der Waals surface area contributed by atoms with E-state index in [0.717, 1.165) is 25.7 Å². The van der Waals surface area contributed by atoms with E-state index < -0.39 is 28.5 Å². The molecule has 1 atom stereocenters. The van der Waals surface area contributed by atoms with Crippen molar-refractivity contribution >= 4 is 44.9 Å². The van der Waals surface area contributed by atoms with Crippen molar-refractivity contribution < 1.29 is 41.3 Å². The molecule has 2 aliphatic carbocycles. The first-order valence-corrected chi connectivity index (χ1v) is 17.9. The third-order valence-corrected chi connectivity index (χ3v) is 10.0. The van der Waals surface area contributed by atoms with Gasteiger partial charge in [0, 0.05) is 30.4 Å². The van der Waals surface area contributed by atoms with Gasteiger partial charge >= 0.3 is 12.6 Å². The van der Waals surface area contributed by atoms with Gasteiger partial charge in [-0.1, -0.05) is 29.3 Å². The van der Waals surface area contributed by atoms with Crippen molar-refractivity contribution in [3.8, 4) is 17.2 Å². The SMILES string of the molecule is CN(C)CCS(=O)(=O)Nc1ccc(C(=O)O)c(C(Cc2c(Cl)cncc2Cl)c2ccc(OC(F)F)c(OCC3CC3)c2)c1OCC1CC1. The van der Waals surface area contributed by atoms with Gasteiger partial charge < -0.3 is 24.2 Å². The summed E-state index contributed by atoms with van der Waals surface area (Å²) in [4.78, 5) is 18.6. The predicted molar refractivity (Wildman–Crippen MR) is 179 cm³/mol. The van der Waals surface area contributed by atoms with Crippen LogP contribution in [0.5, 0.6) is 17.2 Å². The van der Waals surface area contributed by atoms with E-state index in [1.165, 1.54) is 42.7 Å². The number of aromatic nitrogens is 1. The molecule has 0 saturated heterocycles. The number of aromatic carboxylic acids is 1. The molecule has 0 amide bonds. The number of hydrogen-bond donors (Lipinski definition) is 2. The number of carboxylic acid groups (broad SMARTS) is 1. The Labute approximate surface area is 288 Å². The maximum absolute atomic E-state index is 13.4. The lowest BCUT2D eigenvalue weighted by Crippen LogP contribution is -2.26. The average molecular weight is 729 g/mol. The standard InChI is InChI=1S/C33H37Cl2F2N3O7S/c1-40(2)11-12-48(43,44)39-27-9-8-22(32(41)42)30(31(27)46-18-20-5-6-20)23(14-24-25(34)15-38-16-26(24)35)21-7-10-28(47-33(36)37)29(13-21)45-17-19-3-4-19/h7-10,13,15-16,19-20,23,33,39H,3-6,11-12,14,17-18H2,1-2H3,(H,41,42). The zero-order valence-corrected chi connectivity index (χ0v) is 28.8. The van der Waals surface area contributed by atoms with Gasteiger partial charge in [-0.3, -0.25) is 9.71 Å². The number of nitrogens with zero attached hydrogens (tertiary/aromatic N) is 2. The van der Waals surface area contributed by atoms with Crippen LogP contribution in [0.3, 0.4) is 0 Å². The van der Waals surface area contributed by atoms with E-state index in [1.54, 1.807) is 19.0 Å². The van der Waals surface area contributed by atoms with Gasteiger partial charge in [-0.25, -0.2) is 13.2 Å². The van der Waals surface area contributed by atoms with Crippen molar-refractivity contribution in [1.29, 1.82) is 0 Å². The van der Waals surface area contributed by atoms with Crippen molar-refractivity contribution in [2.24, 2.45) is 11.8 Å². The lowest BCUT2D eigenvalue weighted by atomic mass is 9.82. The number of hydrogen-bond acceptors (Lipinski definition) is 8. The molecule has 5 rings (SSSR count). The second kappa shape index (κ2) is 15.4. The number of nitrogens with one attached hydrogen (secondary N) is 1. The van der Waals surface area contributed by atoms with Gasteiger partial charge in [0.15, 0.2) is 11.5 Å². The molecule has 48 heavy (non-hydrogen) atoms. The second-order valence-corrected chi connectivity index (χ2v) is 15.0. The maximum atomic E-state index is 13.4. The van der Waals surface area contributed by atoms with Crippen molar-refractivity contribution in [3.05, 3.63) is 75.0 Å². The van der Waals surface area contributed by atoms with Gasteiger partial charge in [-0.15, -0.1) is 0 Å². The van der Waals surface area contributed by atoms with Crippen LogP contribution in [0.4, 0.5) is 14.5 Å². The first-order valence-electron chi connectivity index (χ1n) is 15.5. The maximum Gasteiger partial charge on any atom is 0.387 e. The summed E-state index contributed by atoms with van der Waals surface area (Å²) in [5.74, 6) is -2.00. The molecule has 1 unspecified atom stereocenters. The lowest BCUT2D eigenvalue weighted by molar-refractivity contribution is -0.0515. The fourth-order valence-electron chi connectivity index (χ4n) is 5.14. The van der Waals surface area contributed by atoms with Crippen LogP contribution in [0.25, 0.3) is 0 Å². The molecule has 2 aliphatic rings. The number of alkyl halides is 2. The third kappa shape index (κ3) is 9.61. The molecule has 2 fully saturated rings. The Bertz CT molecular complexity index is 1720. The number of benzene rings is 2. The van der Waals surface area contributed by atoms with Crippen LogP contribution in [0.2, 0.25) is 10.0 Å². The quantitative estimate of drug-likeness (QED) is 0.143. The molecule has 10 nitrogen and oxygen atoms in total. The zero-order chi connectivity index (χ0) is 34.6. The average Bonchev–Trinajstić information content (AvgIpc) is 3.94. The number of pyridine rings is 1. The van der Waals surface area contributed by atoms with Crippen LogP contribution in [-0.4, -0.2) is 75.6 Å². The van der Waals surface area contributed by atoms with Gasteiger partial charge in [0.1, 0.15) is 5.75 Å². The molecule has 15 heteroatoms. The highest BCUT2D eigenvalue weighted by Gasteiger charge is 2.33. The smallest absolute Gasteiger partial charge is 0.387 e. The highest BCUT2D eigenvalue weighted by Crippen LogP contribution is 2.46. The number of ether oxygens (including phenoxy) is 3. The van der Waals surface area contributed by atoms with Gasteiger partial charge in [0.2, 0.25) is 10.0 Å². The first kappa shape index (κ1) is 35.9. The van der Waals surface area contributed by atoms with E-state index >= 15 is 0 Å². The predicted octanol–water partition coefficient (Wildman–Crippen LogP) is 6.94. The summed E-state index contributed by atoms with van der Waals surface area (Å²) in [5.41, 5.74) is 0.937. The number of carboxylic acids is 1. The third-order valence-electron chi connectivity index (χ3n) is 8.13. The van der Waals surface area contributed by atoms with E-state index in [4.69, 9.17) is 37.4 Å². The molecule has 2 saturated carbocycles. The molecular formula is C33H37Cl2F2N3O7S. The Morgan fingerprint density at radius 1 is 1.02 bits per heavy atom. The molecule has 2 aromatic carbocycles. The van der Waals surface area contributed by atoms with Crippen molar-refractivity contribution in [3.63, 3.8) is 0 Å². The molecule has 0 bridgehead atoms. The van der Waals surface area contributed by atoms with Crippen molar-refractivity contribution in [2.45, 2.75) is 44.6 Å². The molecule has 260 valence electrons. The fraction of sp³-hybridized carbons (Fsp3) is 0.455. The molecule has 1 heterocycles. The zero-order valence-electron chi connectivity index (χ0n) is 26.4. The molecule has 0 radical (unpaired) electrons. The van der Waals surface area contributed by atoms with Gasteiger partial charge in [0.05, 0.1) is 40.3 Å². The minimum Gasteiger partial charge on any atom is -0.491 e. The van der Waals surface area contributed by atoms with Gasteiger partial charge in [-0.2, -0.15) is 8.78 Å². The molecule has 0 spiro atoms. The van der Waals surface area contributed by atoms with E-state index in [2.05, 4.69) is 9.71 Å². The summed E-state index contributed by atoms with van der Waals surface area (Å²) in [6.07, 6.45) is 6.55. The largest absolute Gasteiger partial charge is 0.491 e. The summed E-state index contributed by atoms with van der Waals surface area (Å²) in [6, 6.07) is 7.08. The summed E-state index contributed by atoms with van der Waals surface area (Å²) in [6.45, 7) is -2.35. The van der Waals surface area contributed by atoms with Gasteiger partial charge in [-0.05, 0) is 93.4 Å². The fourth-order valence-corrected chi connectivity index (χ4v) is 6.86. The minimum atomic E-state index is -3.90. The number of rotatable bonds is 18. The summed E-state index contributed by atoms with van der Waals surface area (Å²) < 4.78 is 72.8. The Balaban J connectivity index is 1.71. The van der Waals surface area contributed by atoms with E-state index in [1.807, 2.05) is 0 Å². The van der Waals surface area contributed by atoms with Crippen LogP contribution in [0, 0.1) is 11.8 Å². The lowest BCUT2D eigenvalue weighted by Gasteiger charge is -2.27. The number of halogens is 4. The number of sulfonamides is 1. The Kier molecular flexibility index (Phi) is 11.5. The van der Waals surface area contributed by atoms with Crippen LogP contribution < -0.4 is 18.9 Å². The van der Waals surface area contributed by atoms with E-state index in [9.17, 15) is 27.1 Å². The van der Waals surface area contributed by atoms with Crippen LogP contribution in [0.15, 0.2) is 42.7 Å². The molecule has 1 aromatic heterocycles. The first-order chi connectivity index (χ1) is 22.8. The minimum absolute atomic E-state index is 0.00814. The van der Waals surface area contributed by atoms with E-state index in [0.29, 0.717) is 11.1 Å². The number of carbonyl (C=O) groups is 1. The van der Waals surface area contributed by atoms with E-state index in [-0.39, 0.29) is 87.9 Å².